The van der Waals surface area contributed by atoms with Crippen LogP contribution in [0.4, 0.5) is 18.9 Å². The van der Waals surface area contributed by atoms with Crippen LogP contribution in [0.3, 0.4) is 0 Å². The van der Waals surface area contributed by atoms with Gasteiger partial charge >= 0.3 is 6.18 Å². The number of alkyl halides is 3. The van der Waals surface area contributed by atoms with Crippen LogP contribution in [0, 0.1) is 0 Å². The number of aromatic nitrogens is 3. The van der Waals surface area contributed by atoms with Crippen molar-refractivity contribution in [1.29, 1.82) is 0 Å². The lowest BCUT2D eigenvalue weighted by atomic mass is 10.0. The molecule has 186 valence electrons. The Kier molecular flexibility index (Phi) is 6.68. The van der Waals surface area contributed by atoms with Crippen LogP contribution in [0.5, 0.6) is 0 Å². The van der Waals surface area contributed by atoms with Gasteiger partial charge in [0.25, 0.3) is 5.91 Å². The normalized spacial score (nSPS) is 15.3. The number of fused-ring (bicyclic) bond motifs is 1. The molecule has 6 nitrogen and oxygen atoms in total. The minimum Gasteiger partial charge on any atom is -0.322 e. The summed E-state index contributed by atoms with van der Waals surface area (Å²) in [5, 5.41) is 7.86. The highest BCUT2D eigenvalue weighted by Crippen LogP contribution is 2.32. The molecular weight excluding hydrogens is 491 g/mol. The molecule has 1 N–H and O–H groups in total. The number of piperidine rings is 1. The van der Waals surface area contributed by atoms with Crippen molar-refractivity contribution in [2.75, 3.05) is 18.4 Å². The predicted octanol–water partition coefficient (Wildman–Crippen LogP) is 6.19. The van der Waals surface area contributed by atoms with Gasteiger partial charge in [-0.3, -0.25) is 9.69 Å². The number of amides is 1. The molecule has 1 amide bonds. The quantitative estimate of drug-likeness (QED) is 0.345. The van der Waals surface area contributed by atoms with E-state index in [1.807, 2.05) is 22.9 Å². The number of carbonyl (C=O) groups excluding carboxylic acids is 1. The van der Waals surface area contributed by atoms with Crippen LogP contribution in [0.1, 0.15) is 40.4 Å². The summed E-state index contributed by atoms with van der Waals surface area (Å²) in [5.41, 5.74) is 1.45. The number of anilines is 1. The highest BCUT2D eigenvalue weighted by Gasteiger charge is 2.30. The first-order valence-corrected chi connectivity index (χ1v) is 11.9. The van der Waals surface area contributed by atoms with Gasteiger partial charge in [0, 0.05) is 31.5 Å². The summed E-state index contributed by atoms with van der Waals surface area (Å²) < 4.78 is 40.2. The maximum Gasteiger partial charge on any atom is 0.416 e. The van der Waals surface area contributed by atoms with E-state index in [0.29, 0.717) is 11.0 Å². The van der Waals surface area contributed by atoms with Crippen LogP contribution in [0.2, 0.25) is 5.02 Å². The van der Waals surface area contributed by atoms with E-state index in [1.165, 1.54) is 23.9 Å². The molecule has 0 aliphatic carbocycles. The van der Waals surface area contributed by atoms with Gasteiger partial charge in [-0.25, -0.2) is 9.67 Å². The SMILES string of the molecule is O=C(Nc1ccc(C(F)(F)F)cc1)c1cnc2c(cnn2C2CCN(Cc3ccccc3)CC2)c1Cl. The average molecular weight is 514 g/mol. The second kappa shape index (κ2) is 9.91. The highest BCUT2D eigenvalue weighted by atomic mass is 35.5. The highest BCUT2D eigenvalue weighted by molar-refractivity contribution is 6.38. The van der Waals surface area contributed by atoms with Crippen LogP contribution in [0.15, 0.2) is 67.0 Å². The molecule has 36 heavy (non-hydrogen) atoms. The van der Waals surface area contributed by atoms with Gasteiger partial charge in [0.1, 0.15) is 0 Å². The van der Waals surface area contributed by atoms with Crippen molar-refractivity contribution in [1.82, 2.24) is 19.7 Å². The maximum atomic E-state index is 12.8. The fraction of sp³-hybridized carbons (Fsp3) is 0.269. The summed E-state index contributed by atoms with van der Waals surface area (Å²) in [6, 6.07) is 14.8. The molecule has 2 aromatic heterocycles. The molecule has 2 aromatic carbocycles. The Morgan fingerprint density at radius 1 is 1.03 bits per heavy atom. The molecule has 0 unspecified atom stereocenters. The number of hydrogen-bond donors (Lipinski definition) is 1. The standard InChI is InChI=1S/C26H23ClF3N5O/c27-23-21-15-32-35(20-10-12-34(13-11-20)16-17-4-2-1-3-5-17)24(21)31-14-22(23)25(36)33-19-8-6-18(7-9-19)26(28,29)30/h1-9,14-15,20H,10-13,16H2,(H,33,36). The molecule has 0 saturated carbocycles. The molecule has 1 aliphatic rings. The molecule has 1 aliphatic heterocycles. The van der Waals surface area contributed by atoms with E-state index in [0.717, 1.165) is 44.6 Å². The molecule has 4 aromatic rings. The average Bonchev–Trinajstić information content (AvgIpc) is 3.30. The molecule has 1 saturated heterocycles. The number of halogens is 4. The maximum absolute atomic E-state index is 12.8. The number of nitrogens with zero attached hydrogens (tertiary/aromatic N) is 4. The van der Waals surface area contributed by atoms with Crippen molar-refractivity contribution in [3.8, 4) is 0 Å². The smallest absolute Gasteiger partial charge is 0.322 e. The Labute approximate surface area is 210 Å². The van der Waals surface area contributed by atoms with Crippen LogP contribution in [-0.4, -0.2) is 38.7 Å². The van der Waals surface area contributed by atoms with Crippen LogP contribution in [0.25, 0.3) is 11.0 Å². The zero-order chi connectivity index (χ0) is 25.3. The first-order chi connectivity index (χ1) is 17.3. The summed E-state index contributed by atoms with van der Waals surface area (Å²) in [6.07, 6.45) is 0.375. The van der Waals surface area contributed by atoms with Crippen molar-refractivity contribution in [2.24, 2.45) is 0 Å². The van der Waals surface area contributed by atoms with Crippen molar-refractivity contribution < 1.29 is 18.0 Å². The zero-order valence-corrected chi connectivity index (χ0v) is 19.9. The molecule has 1 fully saturated rings. The topological polar surface area (TPSA) is 63.1 Å². The Morgan fingerprint density at radius 3 is 2.39 bits per heavy atom. The Bertz CT molecular complexity index is 1360. The Morgan fingerprint density at radius 2 is 1.72 bits per heavy atom. The van der Waals surface area contributed by atoms with Crippen molar-refractivity contribution >= 4 is 34.2 Å². The van der Waals surface area contributed by atoms with Gasteiger partial charge in [-0.05, 0) is 42.7 Å². The lowest BCUT2D eigenvalue weighted by molar-refractivity contribution is -0.137. The van der Waals surface area contributed by atoms with Crippen LogP contribution in [-0.2, 0) is 12.7 Å². The van der Waals surface area contributed by atoms with E-state index < -0.39 is 17.6 Å². The molecule has 10 heteroatoms. The van der Waals surface area contributed by atoms with Gasteiger partial charge in [0.15, 0.2) is 5.65 Å². The van der Waals surface area contributed by atoms with E-state index in [1.54, 1.807) is 6.20 Å². The largest absolute Gasteiger partial charge is 0.416 e. The number of carbonyl (C=O) groups is 1. The van der Waals surface area contributed by atoms with Crippen molar-refractivity contribution in [3.63, 3.8) is 0 Å². The van der Waals surface area contributed by atoms with Crippen molar-refractivity contribution in [3.05, 3.63) is 88.7 Å². The Hall–Kier alpha value is -3.43. The predicted molar refractivity (Wildman–Crippen MR) is 132 cm³/mol. The van der Waals surface area contributed by atoms with E-state index in [-0.39, 0.29) is 22.3 Å². The summed E-state index contributed by atoms with van der Waals surface area (Å²) >= 11 is 6.54. The van der Waals surface area contributed by atoms with Gasteiger partial charge < -0.3 is 5.32 Å². The third kappa shape index (κ3) is 5.08. The van der Waals surface area contributed by atoms with E-state index in [9.17, 15) is 18.0 Å². The second-order valence-electron chi connectivity index (χ2n) is 8.83. The molecule has 0 atom stereocenters. The number of pyridine rings is 1. The molecule has 0 spiro atoms. The van der Waals surface area contributed by atoms with Crippen LogP contribution >= 0.6 is 11.6 Å². The summed E-state index contributed by atoms with van der Waals surface area (Å²) in [7, 11) is 0. The number of hydrogen-bond acceptors (Lipinski definition) is 4. The number of benzene rings is 2. The Balaban J connectivity index is 1.27. The summed E-state index contributed by atoms with van der Waals surface area (Å²) in [5.74, 6) is -0.559. The first-order valence-electron chi connectivity index (χ1n) is 11.6. The summed E-state index contributed by atoms with van der Waals surface area (Å²) in [6.45, 7) is 2.78. The van der Waals surface area contributed by atoms with Gasteiger partial charge in [0.2, 0.25) is 0 Å². The minimum atomic E-state index is -4.44. The van der Waals surface area contributed by atoms with E-state index in [4.69, 9.17) is 11.6 Å². The van der Waals surface area contributed by atoms with Gasteiger partial charge in [-0.15, -0.1) is 0 Å². The van der Waals surface area contributed by atoms with E-state index >= 15 is 0 Å². The molecule has 0 radical (unpaired) electrons. The fourth-order valence-electron chi connectivity index (χ4n) is 4.50. The van der Waals surface area contributed by atoms with Gasteiger partial charge in [-0.1, -0.05) is 41.9 Å². The lowest BCUT2D eigenvalue weighted by Crippen LogP contribution is -2.34. The van der Waals surface area contributed by atoms with Gasteiger partial charge in [-0.2, -0.15) is 18.3 Å². The molecule has 5 rings (SSSR count). The monoisotopic (exact) mass is 513 g/mol. The van der Waals surface area contributed by atoms with Crippen molar-refractivity contribution in [2.45, 2.75) is 31.6 Å². The molecular formula is C26H23ClF3N5O. The lowest BCUT2D eigenvalue weighted by Gasteiger charge is -2.32. The number of likely N-dealkylation sites (tertiary alicyclic amines) is 1. The fourth-order valence-corrected chi connectivity index (χ4v) is 4.76. The summed E-state index contributed by atoms with van der Waals surface area (Å²) in [4.78, 5) is 19.6. The third-order valence-corrected chi connectivity index (χ3v) is 6.83. The first kappa shape index (κ1) is 24.3. The van der Waals surface area contributed by atoms with Crippen LogP contribution < -0.4 is 5.32 Å². The van der Waals surface area contributed by atoms with E-state index in [2.05, 4.69) is 32.4 Å². The third-order valence-electron chi connectivity index (χ3n) is 6.42. The molecule has 3 heterocycles. The number of rotatable bonds is 5. The van der Waals surface area contributed by atoms with Gasteiger partial charge in [0.05, 0.1) is 33.8 Å². The second-order valence-corrected chi connectivity index (χ2v) is 9.21. The minimum absolute atomic E-state index is 0.126. The zero-order valence-electron chi connectivity index (χ0n) is 19.2. The molecule has 0 bridgehead atoms. The number of nitrogens with one attached hydrogen (secondary N) is 1.